The Balaban J connectivity index is 2.02. The first-order valence-electron chi connectivity index (χ1n) is 10.3. The Hall–Kier alpha value is -2.22. The van der Waals surface area contributed by atoms with Gasteiger partial charge in [-0.25, -0.2) is 8.42 Å². The van der Waals surface area contributed by atoms with Gasteiger partial charge in [0.25, 0.3) is 0 Å². The number of likely N-dealkylation sites (tertiary alicyclic amines) is 1. The third-order valence-corrected chi connectivity index (χ3v) is 6.24. The largest absolute Gasteiger partial charge is 0.344 e. The van der Waals surface area contributed by atoms with Gasteiger partial charge in [0.1, 0.15) is 11.8 Å². The lowest BCUT2D eigenvalue weighted by Crippen LogP contribution is -2.52. The molecule has 1 fully saturated rings. The maximum atomic E-state index is 12.9. The van der Waals surface area contributed by atoms with Gasteiger partial charge in [-0.2, -0.15) is 0 Å². The molecule has 0 aliphatic carbocycles. The molecular formula is C22H32N2O5S. The predicted octanol–water partition coefficient (Wildman–Crippen LogP) is 1.78. The molecule has 0 aromatic heterocycles. The van der Waals surface area contributed by atoms with Crippen LogP contribution in [0.2, 0.25) is 0 Å². The summed E-state index contributed by atoms with van der Waals surface area (Å²) in [6.45, 7) is 6.26. The number of nitrogens with zero attached hydrogens (tertiary/aromatic N) is 1. The number of sulfone groups is 1. The highest BCUT2D eigenvalue weighted by Crippen LogP contribution is 2.25. The van der Waals surface area contributed by atoms with Crippen molar-refractivity contribution >= 4 is 27.4 Å². The molecule has 166 valence electrons. The Kier molecular flexibility index (Phi) is 8.18. The van der Waals surface area contributed by atoms with Gasteiger partial charge in [-0.1, -0.05) is 44.2 Å². The van der Waals surface area contributed by atoms with Gasteiger partial charge in [-0.3, -0.25) is 14.4 Å². The summed E-state index contributed by atoms with van der Waals surface area (Å²) < 4.78 is 22.8. The number of rotatable bonds is 8. The van der Waals surface area contributed by atoms with Gasteiger partial charge in [0, 0.05) is 25.3 Å². The molecule has 0 bridgehead atoms. The van der Waals surface area contributed by atoms with E-state index in [0.717, 1.165) is 11.8 Å². The molecule has 3 atom stereocenters. The molecule has 1 saturated heterocycles. The average Bonchev–Trinajstić information content (AvgIpc) is 2.66. The number of carbonyl (C=O) groups excluding carboxylic acids is 3. The second-order valence-electron chi connectivity index (χ2n) is 8.52. The lowest BCUT2D eigenvalue weighted by molar-refractivity contribution is -0.139. The SMILES string of the molecule is CC(C)C(C(=O)N[C@H](C)C(=O)N1CCCC(C(=O)CS(C)(=O)=O)C1)c1ccccc1. The van der Waals surface area contributed by atoms with Crippen LogP contribution in [0.4, 0.5) is 0 Å². The number of ketones is 1. The highest BCUT2D eigenvalue weighted by atomic mass is 32.2. The van der Waals surface area contributed by atoms with Crippen molar-refractivity contribution in [1.29, 1.82) is 0 Å². The molecule has 1 aromatic rings. The van der Waals surface area contributed by atoms with E-state index in [-0.39, 0.29) is 36.0 Å². The summed E-state index contributed by atoms with van der Waals surface area (Å²) in [5, 5.41) is 2.83. The van der Waals surface area contributed by atoms with Gasteiger partial charge in [0.05, 0.1) is 5.92 Å². The molecule has 30 heavy (non-hydrogen) atoms. The smallest absolute Gasteiger partial charge is 0.244 e. The number of Topliss-reactive ketones (excluding diaryl/α,β-unsaturated/α-hetero) is 1. The van der Waals surface area contributed by atoms with Gasteiger partial charge in [0.2, 0.25) is 11.8 Å². The average molecular weight is 437 g/mol. The van der Waals surface area contributed by atoms with Crippen LogP contribution in [0.15, 0.2) is 30.3 Å². The van der Waals surface area contributed by atoms with Crippen LogP contribution in [-0.2, 0) is 24.2 Å². The fraction of sp³-hybridized carbons (Fsp3) is 0.591. The zero-order valence-corrected chi connectivity index (χ0v) is 18.9. The highest BCUT2D eigenvalue weighted by molar-refractivity contribution is 7.91. The zero-order chi connectivity index (χ0) is 22.5. The number of nitrogens with one attached hydrogen (secondary N) is 1. The third kappa shape index (κ3) is 6.65. The number of piperidine rings is 1. The van der Waals surface area contributed by atoms with E-state index in [1.165, 1.54) is 0 Å². The van der Waals surface area contributed by atoms with Gasteiger partial charge < -0.3 is 10.2 Å². The Morgan fingerprint density at radius 1 is 1.13 bits per heavy atom. The molecule has 1 heterocycles. The molecule has 0 saturated carbocycles. The Bertz CT molecular complexity index is 867. The monoisotopic (exact) mass is 436 g/mol. The van der Waals surface area contributed by atoms with Crippen LogP contribution in [-0.4, -0.2) is 62.1 Å². The topological polar surface area (TPSA) is 101 Å². The van der Waals surface area contributed by atoms with Crippen molar-refractivity contribution in [3.05, 3.63) is 35.9 Å². The van der Waals surface area contributed by atoms with Crippen molar-refractivity contribution < 1.29 is 22.8 Å². The molecule has 1 aliphatic heterocycles. The Morgan fingerprint density at radius 2 is 1.77 bits per heavy atom. The van der Waals surface area contributed by atoms with Crippen molar-refractivity contribution in [2.75, 3.05) is 25.1 Å². The van der Waals surface area contributed by atoms with E-state index in [1.807, 2.05) is 44.2 Å². The molecule has 7 nitrogen and oxygen atoms in total. The minimum atomic E-state index is -3.40. The fourth-order valence-corrected chi connectivity index (χ4v) is 4.71. The molecule has 0 spiro atoms. The van der Waals surface area contributed by atoms with Crippen LogP contribution in [0.25, 0.3) is 0 Å². The van der Waals surface area contributed by atoms with Crippen LogP contribution in [0.1, 0.15) is 45.1 Å². The number of benzene rings is 1. The quantitative estimate of drug-likeness (QED) is 0.670. The standard InChI is InChI=1S/C22H32N2O5S/c1-15(2)20(17-9-6-5-7-10-17)21(26)23-16(3)22(27)24-12-8-11-18(13-24)19(25)14-30(4,28)29/h5-7,9-10,15-16,18,20H,8,11-14H2,1-4H3,(H,23,26)/t16-,18?,20?/m1/s1. The maximum absolute atomic E-state index is 12.9. The zero-order valence-electron chi connectivity index (χ0n) is 18.1. The summed E-state index contributed by atoms with van der Waals surface area (Å²) in [6.07, 6.45) is 2.24. The number of carbonyl (C=O) groups is 3. The summed E-state index contributed by atoms with van der Waals surface area (Å²) in [6, 6.07) is 8.73. The summed E-state index contributed by atoms with van der Waals surface area (Å²) in [5.74, 6) is -2.10. The highest BCUT2D eigenvalue weighted by Gasteiger charge is 2.33. The Labute approximate surface area is 179 Å². The van der Waals surface area contributed by atoms with Crippen LogP contribution >= 0.6 is 0 Å². The predicted molar refractivity (Wildman–Crippen MR) is 116 cm³/mol. The van der Waals surface area contributed by atoms with E-state index in [1.54, 1.807) is 11.8 Å². The molecule has 2 amide bonds. The molecule has 2 unspecified atom stereocenters. The summed E-state index contributed by atoms with van der Waals surface area (Å²) in [5.41, 5.74) is 0.897. The second-order valence-corrected chi connectivity index (χ2v) is 10.7. The van der Waals surface area contributed by atoms with E-state index in [2.05, 4.69) is 5.32 Å². The molecule has 2 rings (SSSR count). The van der Waals surface area contributed by atoms with E-state index in [4.69, 9.17) is 0 Å². The second kappa shape index (κ2) is 10.2. The van der Waals surface area contributed by atoms with Crippen molar-refractivity contribution in [2.45, 2.75) is 45.6 Å². The van der Waals surface area contributed by atoms with Crippen LogP contribution in [0, 0.1) is 11.8 Å². The van der Waals surface area contributed by atoms with Crippen LogP contribution in [0.5, 0.6) is 0 Å². The third-order valence-electron chi connectivity index (χ3n) is 5.43. The van der Waals surface area contributed by atoms with E-state index < -0.39 is 27.5 Å². The molecule has 8 heteroatoms. The number of amides is 2. The lowest BCUT2D eigenvalue weighted by atomic mass is 9.87. The van der Waals surface area contributed by atoms with Crippen molar-refractivity contribution in [1.82, 2.24) is 10.2 Å². The fourth-order valence-electron chi connectivity index (χ4n) is 3.95. The number of hydrogen-bond acceptors (Lipinski definition) is 5. The van der Waals surface area contributed by atoms with Crippen molar-refractivity contribution in [2.24, 2.45) is 11.8 Å². The molecule has 0 radical (unpaired) electrons. The first kappa shape index (κ1) is 24.1. The van der Waals surface area contributed by atoms with E-state index in [9.17, 15) is 22.8 Å². The molecule has 1 N–H and O–H groups in total. The summed E-state index contributed by atoms with van der Waals surface area (Å²) in [7, 11) is -3.40. The number of hydrogen-bond donors (Lipinski definition) is 1. The lowest BCUT2D eigenvalue weighted by Gasteiger charge is -2.34. The first-order valence-corrected chi connectivity index (χ1v) is 12.4. The Morgan fingerprint density at radius 3 is 2.33 bits per heavy atom. The van der Waals surface area contributed by atoms with E-state index >= 15 is 0 Å². The normalized spacial score (nSPS) is 19.2. The summed E-state index contributed by atoms with van der Waals surface area (Å²) in [4.78, 5) is 39.6. The van der Waals surface area contributed by atoms with Crippen LogP contribution in [0.3, 0.4) is 0 Å². The van der Waals surface area contributed by atoms with E-state index in [0.29, 0.717) is 19.4 Å². The summed E-state index contributed by atoms with van der Waals surface area (Å²) >= 11 is 0. The minimum Gasteiger partial charge on any atom is -0.344 e. The van der Waals surface area contributed by atoms with Crippen molar-refractivity contribution in [3.63, 3.8) is 0 Å². The first-order chi connectivity index (χ1) is 14.0. The molecular weight excluding hydrogens is 404 g/mol. The van der Waals surface area contributed by atoms with Gasteiger partial charge in [-0.15, -0.1) is 0 Å². The molecule has 1 aliphatic rings. The van der Waals surface area contributed by atoms with Crippen LogP contribution < -0.4 is 5.32 Å². The molecule has 1 aromatic carbocycles. The van der Waals surface area contributed by atoms with Gasteiger partial charge >= 0.3 is 0 Å². The maximum Gasteiger partial charge on any atom is 0.244 e. The van der Waals surface area contributed by atoms with Crippen molar-refractivity contribution in [3.8, 4) is 0 Å². The minimum absolute atomic E-state index is 0.0580. The van der Waals surface area contributed by atoms with Gasteiger partial charge in [0.15, 0.2) is 15.6 Å². The van der Waals surface area contributed by atoms with Gasteiger partial charge in [-0.05, 0) is 31.2 Å².